The molecule has 0 atom stereocenters. The molecule has 0 bridgehead atoms. The van der Waals surface area contributed by atoms with Gasteiger partial charge in [-0.1, -0.05) is 37.6 Å². The van der Waals surface area contributed by atoms with E-state index in [4.69, 9.17) is 16.3 Å². The third-order valence-corrected chi connectivity index (χ3v) is 3.45. The zero-order valence-corrected chi connectivity index (χ0v) is 12.9. The van der Waals surface area contributed by atoms with E-state index in [1.807, 2.05) is 25.1 Å². The molecule has 0 amide bonds. The highest BCUT2D eigenvalue weighted by atomic mass is 35.5. The number of benzene rings is 1. The highest BCUT2D eigenvalue weighted by Gasteiger charge is 2.11. The average molecular weight is 291 g/mol. The Morgan fingerprint density at radius 3 is 2.70 bits per heavy atom. The van der Waals surface area contributed by atoms with Gasteiger partial charge in [0.15, 0.2) is 0 Å². The maximum Gasteiger partial charge on any atom is 0.226 e. The van der Waals surface area contributed by atoms with Gasteiger partial charge in [0.1, 0.15) is 16.7 Å². The second-order valence-corrected chi connectivity index (χ2v) is 5.07. The van der Waals surface area contributed by atoms with Gasteiger partial charge in [-0.05, 0) is 37.5 Å². The van der Waals surface area contributed by atoms with Gasteiger partial charge in [-0.15, -0.1) is 0 Å². The van der Waals surface area contributed by atoms with Crippen LogP contribution in [-0.4, -0.2) is 9.97 Å². The summed E-state index contributed by atoms with van der Waals surface area (Å²) in [5.74, 6) is 2.05. The van der Waals surface area contributed by atoms with Crippen LogP contribution in [-0.2, 0) is 12.8 Å². The standard InChI is InChI=1S/C16H19ClN2O/c1-4-7-14-18-15(17)11(3)16(19-14)20-13-9-6-8-12(5-2)10-13/h6,8-10H,4-5,7H2,1-3H3. The lowest BCUT2D eigenvalue weighted by molar-refractivity contribution is 0.453. The molecule has 0 radical (unpaired) electrons. The fraction of sp³-hybridized carbons (Fsp3) is 0.375. The van der Waals surface area contributed by atoms with E-state index in [1.54, 1.807) is 0 Å². The van der Waals surface area contributed by atoms with Gasteiger partial charge in [-0.2, -0.15) is 4.98 Å². The summed E-state index contributed by atoms with van der Waals surface area (Å²) in [6, 6.07) is 8.01. The number of aromatic nitrogens is 2. The van der Waals surface area contributed by atoms with Crippen LogP contribution >= 0.6 is 11.6 Å². The number of hydrogen-bond acceptors (Lipinski definition) is 3. The smallest absolute Gasteiger partial charge is 0.226 e. The zero-order valence-electron chi connectivity index (χ0n) is 12.1. The molecule has 4 heteroatoms. The highest BCUT2D eigenvalue weighted by molar-refractivity contribution is 6.30. The maximum atomic E-state index is 6.15. The number of rotatable bonds is 5. The van der Waals surface area contributed by atoms with Crippen molar-refractivity contribution in [1.82, 2.24) is 9.97 Å². The summed E-state index contributed by atoms with van der Waals surface area (Å²) in [7, 11) is 0. The van der Waals surface area contributed by atoms with E-state index in [0.29, 0.717) is 11.0 Å². The predicted molar refractivity (Wildman–Crippen MR) is 81.7 cm³/mol. The quantitative estimate of drug-likeness (QED) is 0.746. The molecule has 0 spiro atoms. The van der Waals surface area contributed by atoms with E-state index in [0.717, 1.165) is 36.4 Å². The van der Waals surface area contributed by atoms with Crippen molar-refractivity contribution in [3.63, 3.8) is 0 Å². The number of ether oxygens (including phenoxy) is 1. The summed E-state index contributed by atoms with van der Waals surface area (Å²) in [6.45, 7) is 6.07. The molecule has 0 aliphatic rings. The average Bonchev–Trinajstić information content (AvgIpc) is 2.45. The van der Waals surface area contributed by atoms with E-state index in [1.165, 1.54) is 5.56 Å². The Hall–Kier alpha value is -1.61. The molecule has 1 aromatic heterocycles. The topological polar surface area (TPSA) is 35.0 Å². The molecule has 106 valence electrons. The molecule has 20 heavy (non-hydrogen) atoms. The molecule has 0 N–H and O–H groups in total. The minimum atomic E-state index is 0.463. The Morgan fingerprint density at radius 1 is 1.20 bits per heavy atom. The minimum Gasteiger partial charge on any atom is -0.439 e. The van der Waals surface area contributed by atoms with Gasteiger partial charge in [-0.3, -0.25) is 0 Å². The molecule has 0 aliphatic heterocycles. The lowest BCUT2D eigenvalue weighted by Crippen LogP contribution is -2.01. The zero-order chi connectivity index (χ0) is 14.5. The molecular formula is C16H19ClN2O. The summed E-state index contributed by atoms with van der Waals surface area (Å²) in [4.78, 5) is 8.73. The van der Waals surface area contributed by atoms with Crippen LogP contribution in [0.25, 0.3) is 0 Å². The van der Waals surface area contributed by atoms with Crippen LogP contribution in [0, 0.1) is 6.92 Å². The predicted octanol–water partition coefficient (Wildman–Crippen LogP) is 4.75. The van der Waals surface area contributed by atoms with Gasteiger partial charge < -0.3 is 4.74 Å². The van der Waals surface area contributed by atoms with Crippen molar-refractivity contribution >= 4 is 11.6 Å². The molecule has 0 unspecified atom stereocenters. The van der Waals surface area contributed by atoms with Crippen molar-refractivity contribution in [2.75, 3.05) is 0 Å². The van der Waals surface area contributed by atoms with Crippen molar-refractivity contribution in [2.24, 2.45) is 0 Å². The monoisotopic (exact) mass is 290 g/mol. The summed E-state index contributed by atoms with van der Waals surface area (Å²) >= 11 is 6.15. The second kappa shape index (κ2) is 6.71. The van der Waals surface area contributed by atoms with Gasteiger partial charge in [0.05, 0.1) is 0 Å². The Bertz CT molecular complexity index is 599. The fourth-order valence-corrected chi connectivity index (χ4v) is 2.07. The van der Waals surface area contributed by atoms with E-state index >= 15 is 0 Å². The van der Waals surface area contributed by atoms with Gasteiger partial charge >= 0.3 is 0 Å². The molecule has 1 aromatic carbocycles. The van der Waals surface area contributed by atoms with E-state index in [2.05, 4.69) is 29.9 Å². The first-order valence-corrected chi connectivity index (χ1v) is 7.31. The van der Waals surface area contributed by atoms with Crippen LogP contribution < -0.4 is 4.74 Å². The largest absolute Gasteiger partial charge is 0.439 e. The Kier molecular flexibility index (Phi) is 4.96. The van der Waals surface area contributed by atoms with E-state index in [-0.39, 0.29) is 0 Å². The summed E-state index contributed by atoms with van der Waals surface area (Å²) in [6.07, 6.45) is 2.75. The normalized spacial score (nSPS) is 10.6. The number of halogens is 1. The number of aryl methyl sites for hydroxylation is 2. The Morgan fingerprint density at radius 2 is 2.00 bits per heavy atom. The molecule has 0 saturated heterocycles. The third-order valence-electron chi connectivity index (χ3n) is 3.08. The molecule has 0 saturated carbocycles. The SMILES string of the molecule is CCCc1nc(Cl)c(C)c(Oc2cccc(CC)c2)n1. The van der Waals surface area contributed by atoms with Gasteiger partial charge in [0.25, 0.3) is 0 Å². The first-order chi connectivity index (χ1) is 9.63. The maximum absolute atomic E-state index is 6.15. The molecule has 1 heterocycles. The molecule has 0 aliphatic carbocycles. The van der Waals surface area contributed by atoms with Crippen molar-refractivity contribution in [3.05, 3.63) is 46.4 Å². The molecule has 0 fully saturated rings. The molecule has 3 nitrogen and oxygen atoms in total. The Labute approximate surface area is 125 Å². The first-order valence-electron chi connectivity index (χ1n) is 6.93. The van der Waals surface area contributed by atoms with Crippen LogP contribution in [0.3, 0.4) is 0 Å². The number of hydrogen-bond donors (Lipinski definition) is 0. The molecular weight excluding hydrogens is 272 g/mol. The van der Waals surface area contributed by atoms with Gasteiger partial charge in [0, 0.05) is 12.0 Å². The van der Waals surface area contributed by atoms with Crippen LogP contribution in [0.1, 0.15) is 37.2 Å². The summed E-state index contributed by atoms with van der Waals surface area (Å²) in [5.41, 5.74) is 2.00. The summed E-state index contributed by atoms with van der Waals surface area (Å²) in [5, 5.41) is 0.463. The molecule has 2 rings (SSSR count). The first kappa shape index (κ1) is 14.8. The van der Waals surface area contributed by atoms with E-state index < -0.39 is 0 Å². The third kappa shape index (κ3) is 3.48. The van der Waals surface area contributed by atoms with Crippen molar-refractivity contribution in [3.8, 4) is 11.6 Å². The fourth-order valence-electron chi connectivity index (χ4n) is 1.89. The molecule has 2 aromatic rings. The van der Waals surface area contributed by atoms with Crippen LogP contribution in [0.15, 0.2) is 24.3 Å². The van der Waals surface area contributed by atoms with Crippen molar-refractivity contribution < 1.29 is 4.74 Å². The number of nitrogens with zero attached hydrogens (tertiary/aromatic N) is 2. The summed E-state index contributed by atoms with van der Waals surface area (Å²) < 4.78 is 5.88. The van der Waals surface area contributed by atoms with Crippen LogP contribution in [0.2, 0.25) is 5.15 Å². The minimum absolute atomic E-state index is 0.463. The van der Waals surface area contributed by atoms with Crippen molar-refractivity contribution in [2.45, 2.75) is 40.0 Å². The highest BCUT2D eigenvalue weighted by Crippen LogP contribution is 2.27. The second-order valence-electron chi connectivity index (χ2n) is 4.71. The van der Waals surface area contributed by atoms with Gasteiger partial charge in [0.2, 0.25) is 5.88 Å². The van der Waals surface area contributed by atoms with Crippen molar-refractivity contribution in [1.29, 1.82) is 0 Å². The van der Waals surface area contributed by atoms with E-state index in [9.17, 15) is 0 Å². The van der Waals surface area contributed by atoms with Gasteiger partial charge in [-0.25, -0.2) is 4.98 Å². The van der Waals surface area contributed by atoms with Crippen LogP contribution in [0.4, 0.5) is 0 Å². The lowest BCUT2D eigenvalue weighted by atomic mass is 10.2. The lowest BCUT2D eigenvalue weighted by Gasteiger charge is -2.11. The van der Waals surface area contributed by atoms with Crippen LogP contribution in [0.5, 0.6) is 11.6 Å². The Balaban J connectivity index is 2.31.